The maximum Gasteiger partial charge on any atom is 0.339 e. The van der Waals surface area contributed by atoms with Gasteiger partial charge >= 0.3 is 5.97 Å². The molecule has 0 aliphatic heterocycles. The molecule has 0 saturated carbocycles. The summed E-state index contributed by atoms with van der Waals surface area (Å²) in [7, 11) is 0. The van der Waals surface area contributed by atoms with Crippen molar-refractivity contribution in [1.82, 2.24) is 5.32 Å². The van der Waals surface area contributed by atoms with Gasteiger partial charge in [-0.2, -0.15) is 4.89 Å². The third-order valence-electron chi connectivity index (χ3n) is 5.78. The molecule has 6 heteroatoms. The normalized spacial score (nSPS) is 10.8. The quantitative estimate of drug-likeness (QED) is 0.109. The Morgan fingerprint density at radius 2 is 1.30 bits per heavy atom. The second-order valence-corrected chi connectivity index (χ2v) is 8.76. The smallest absolute Gasteiger partial charge is 0.339 e. The highest BCUT2D eigenvalue weighted by Crippen LogP contribution is 2.18. The Labute approximate surface area is 200 Å². The number of carboxylic acids is 1. The zero-order chi connectivity index (χ0) is 24.0. The van der Waals surface area contributed by atoms with Gasteiger partial charge in [0.2, 0.25) is 5.91 Å². The minimum atomic E-state index is -1.08. The summed E-state index contributed by atoms with van der Waals surface area (Å²) in [5.41, 5.74) is 0.0368. The molecular weight excluding hydrogens is 418 g/mol. The molecule has 0 aliphatic carbocycles. The van der Waals surface area contributed by atoms with E-state index in [0.717, 1.165) is 12.8 Å². The molecule has 1 aromatic carbocycles. The van der Waals surface area contributed by atoms with Crippen molar-refractivity contribution in [3.63, 3.8) is 0 Å². The topological polar surface area (TPSA) is 84.9 Å². The highest BCUT2D eigenvalue weighted by Gasteiger charge is 2.11. The molecule has 0 radical (unpaired) electrons. The molecule has 1 amide bonds. The minimum Gasteiger partial charge on any atom is -0.478 e. The fourth-order valence-electron chi connectivity index (χ4n) is 3.80. The SMILES string of the molecule is CCCCCCCCCCCCCCCCCC(=O)NCCOOc1ccccc1C(=O)O. The second kappa shape index (κ2) is 20.5. The zero-order valence-electron chi connectivity index (χ0n) is 20.6. The standard InChI is InChI=1S/C27H45NO5/c1-2-3-4-5-6-7-8-9-10-11-12-13-14-15-16-21-26(29)28-22-23-32-33-25-20-18-17-19-24(25)27(30)31/h17-20H,2-16,21-23H2,1H3,(H,28,29)(H,30,31). The predicted molar refractivity (Wildman–Crippen MR) is 133 cm³/mol. The first-order chi connectivity index (χ1) is 16.1. The van der Waals surface area contributed by atoms with E-state index >= 15 is 0 Å². The molecule has 1 rings (SSSR count). The molecular formula is C27H45NO5. The summed E-state index contributed by atoms with van der Waals surface area (Å²) in [6, 6.07) is 6.26. The van der Waals surface area contributed by atoms with E-state index in [1.807, 2.05) is 0 Å². The van der Waals surface area contributed by atoms with Crippen LogP contribution in [0.1, 0.15) is 120 Å². The molecule has 2 N–H and O–H groups in total. The van der Waals surface area contributed by atoms with Crippen molar-refractivity contribution in [3.8, 4) is 5.75 Å². The third-order valence-corrected chi connectivity index (χ3v) is 5.78. The van der Waals surface area contributed by atoms with Crippen molar-refractivity contribution in [2.24, 2.45) is 0 Å². The molecule has 0 heterocycles. The molecule has 0 atom stereocenters. The van der Waals surface area contributed by atoms with Gasteiger partial charge < -0.3 is 15.3 Å². The number of carbonyl (C=O) groups excluding carboxylic acids is 1. The summed E-state index contributed by atoms with van der Waals surface area (Å²) in [5, 5.41) is 11.9. The number of nitrogens with one attached hydrogen (secondary N) is 1. The van der Waals surface area contributed by atoms with Gasteiger partial charge in [0.1, 0.15) is 12.2 Å². The summed E-state index contributed by atoms with van der Waals surface area (Å²) in [5.74, 6) is -0.917. The number of unbranched alkanes of at least 4 members (excludes halogenated alkanes) is 14. The lowest BCUT2D eigenvalue weighted by Crippen LogP contribution is -2.27. The van der Waals surface area contributed by atoms with Crippen LogP contribution in [0.4, 0.5) is 0 Å². The van der Waals surface area contributed by atoms with E-state index in [1.165, 1.54) is 95.6 Å². The number of aromatic carboxylic acids is 1. The Hall–Kier alpha value is -2.08. The van der Waals surface area contributed by atoms with Crippen molar-refractivity contribution in [3.05, 3.63) is 29.8 Å². The molecule has 0 aromatic heterocycles. The summed E-state index contributed by atoms with van der Waals surface area (Å²) in [4.78, 5) is 33.0. The van der Waals surface area contributed by atoms with E-state index in [-0.39, 0.29) is 23.8 Å². The van der Waals surface area contributed by atoms with Crippen molar-refractivity contribution < 1.29 is 24.5 Å². The van der Waals surface area contributed by atoms with E-state index in [9.17, 15) is 9.59 Å². The van der Waals surface area contributed by atoms with Crippen LogP contribution in [0.5, 0.6) is 5.75 Å². The van der Waals surface area contributed by atoms with Gasteiger partial charge in [-0.05, 0) is 18.6 Å². The number of hydrogen-bond acceptors (Lipinski definition) is 4. The summed E-state index contributed by atoms with van der Waals surface area (Å²) >= 11 is 0. The van der Waals surface area contributed by atoms with Crippen LogP contribution in [0.15, 0.2) is 24.3 Å². The maximum atomic E-state index is 11.9. The summed E-state index contributed by atoms with van der Waals surface area (Å²) in [6.45, 7) is 2.74. The average Bonchev–Trinajstić information content (AvgIpc) is 2.81. The molecule has 0 saturated heterocycles. The van der Waals surface area contributed by atoms with Crippen LogP contribution >= 0.6 is 0 Å². The predicted octanol–water partition coefficient (Wildman–Crippen LogP) is 7.07. The van der Waals surface area contributed by atoms with Crippen molar-refractivity contribution >= 4 is 11.9 Å². The molecule has 0 bridgehead atoms. The number of carboxylic acid groups (broad SMARTS) is 1. The second-order valence-electron chi connectivity index (χ2n) is 8.76. The lowest BCUT2D eigenvalue weighted by atomic mass is 10.0. The van der Waals surface area contributed by atoms with Gasteiger partial charge in [0.05, 0.1) is 0 Å². The number of hydrogen-bond donors (Lipinski definition) is 2. The van der Waals surface area contributed by atoms with Gasteiger partial charge in [-0.25, -0.2) is 4.79 Å². The van der Waals surface area contributed by atoms with Crippen LogP contribution in [0.3, 0.4) is 0 Å². The lowest BCUT2D eigenvalue weighted by molar-refractivity contribution is -0.205. The van der Waals surface area contributed by atoms with Crippen molar-refractivity contribution in [1.29, 1.82) is 0 Å². The zero-order valence-corrected chi connectivity index (χ0v) is 20.6. The highest BCUT2D eigenvalue weighted by molar-refractivity contribution is 5.90. The summed E-state index contributed by atoms with van der Waals surface area (Å²) < 4.78 is 0. The van der Waals surface area contributed by atoms with Crippen LogP contribution in [-0.4, -0.2) is 30.1 Å². The highest BCUT2D eigenvalue weighted by atomic mass is 17.2. The van der Waals surface area contributed by atoms with E-state index in [1.54, 1.807) is 12.1 Å². The van der Waals surface area contributed by atoms with Crippen LogP contribution < -0.4 is 10.2 Å². The summed E-state index contributed by atoms with van der Waals surface area (Å²) in [6.07, 6.45) is 20.2. The Morgan fingerprint density at radius 1 is 0.788 bits per heavy atom. The number of para-hydroxylation sites is 1. The first-order valence-corrected chi connectivity index (χ1v) is 13.0. The monoisotopic (exact) mass is 463 g/mol. The molecule has 33 heavy (non-hydrogen) atoms. The fraction of sp³-hybridized carbons (Fsp3) is 0.704. The molecule has 6 nitrogen and oxygen atoms in total. The molecule has 0 spiro atoms. The van der Waals surface area contributed by atoms with Crippen molar-refractivity contribution in [2.45, 2.75) is 110 Å². The Morgan fingerprint density at radius 3 is 1.85 bits per heavy atom. The Kier molecular flexibility index (Phi) is 18.0. The van der Waals surface area contributed by atoms with Gasteiger partial charge in [-0.1, -0.05) is 109 Å². The minimum absolute atomic E-state index is 0.0132. The maximum absolute atomic E-state index is 11.9. The fourth-order valence-corrected chi connectivity index (χ4v) is 3.80. The van der Waals surface area contributed by atoms with Gasteiger partial charge in [-0.15, -0.1) is 0 Å². The third kappa shape index (κ3) is 16.2. The van der Waals surface area contributed by atoms with Crippen LogP contribution in [-0.2, 0) is 9.68 Å². The number of benzene rings is 1. The van der Waals surface area contributed by atoms with Gasteiger partial charge in [0.25, 0.3) is 0 Å². The van der Waals surface area contributed by atoms with Gasteiger partial charge in [0.15, 0.2) is 5.75 Å². The van der Waals surface area contributed by atoms with E-state index < -0.39 is 5.97 Å². The average molecular weight is 464 g/mol. The van der Waals surface area contributed by atoms with Crippen LogP contribution in [0, 0.1) is 0 Å². The Bertz CT molecular complexity index is 635. The molecule has 0 unspecified atom stereocenters. The van der Waals surface area contributed by atoms with E-state index in [2.05, 4.69) is 12.2 Å². The van der Waals surface area contributed by atoms with Gasteiger partial charge in [0, 0.05) is 13.0 Å². The van der Waals surface area contributed by atoms with Crippen molar-refractivity contribution in [2.75, 3.05) is 13.2 Å². The number of carbonyl (C=O) groups is 2. The van der Waals surface area contributed by atoms with Gasteiger partial charge in [-0.3, -0.25) is 4.79 Å². The van der Waals surface area contributed by atoms with Crippen LogP contribution in [0.2, 0.25) is 0 Å². The molecule has 0 fully saturated rings. The lowest BCUT2D eigenvalue weighted by Gasteiger charge is -2.08. The largest absolute Gasteiger partial charge is 0.478 e. The first-order valence-electron chi connectivity index (χ1n) is 13.0. The molecule has 188 valence electrons. The number of amides is 1. The molecule has 1 aromatic rings. The van der Waals surface area contributed by atoms with E-state index in [4.69, 9.17) is 14.9 Å². The molecule has 0 aliphatic rings. The Balaban J connectivity index is 1.85. The van der Waals surface area contributed by atoms with Crippen LogP contribution in [0.25, 0.3) is 0 Å². The van der Waals surface area contributed by atoms with E-state index in [0.29, 0.717) is 13.0 Å². The first kappa shape index (κ1) is 29.0. The number of rotatable bonds is 22.